The molecule has 0 aliphatic heterocycles. The quantitative estimate of drug-likeness (QED) is 0.734. The third-order valence-electron chi connectivity index (χ3n) is 3.03. The number of nitrogens with zero attached hydrogens (tertiary/aromatic N) is 3. The summed E-state index contributed by atoms with van der Waals surface area (Å²) in [7, 11) is 1.66. The van der Waals surface area contributed by atoms with Gasteiger partial charge in [0, 0.05) is 13.2 Å². The van der Waals surface area contributed by atoms with Gasteiger partial charge in [-0.15, -0.1) is 5.10 Å². The first-order valence-electron chi connectivity index (χ1n) is 7.00. The van der Waals surface area contributed by atoms with E-state index in [1.54, 1.807) is 11.8 Å². The average Bonchev–Trinajstić information content (AvgIpc) is 2.96. The van der Waals surface area contributed by atoms with Crippen LogP contribution in [-0.4, -0.2) is 35.3 Å². The zero-order valence-corrected chi connectivity index (χ0v) is 12.9. The molecule has 2 aromatic rings. The lowest BCUT2D eigenvalue weighted by Crippen LogP contribution is -2.09. The van der Waals surface area contributed by atoms with Gasteiger partial charge in [-0.05, 0) is 44.5 Å². The maximum atomic E-state index is 5.52. The summed E-state index contributed by atoms with van der Waals surface area (Å²) in [4.78, 5) is 0. The molecule has 0 radical (unpaired) electrons. The van der Waals surface area contributed by atoms with E-state index in [4.69, 9.17) is 14.2 Å². The van der Waals surface area contributed by atoms with Crippen LogP contribution in [0.2, 0.25) is 0 Å². The lowest BCUT2D eigenvalue weighted by atomic mass is 10.2. The van der Waals surface area contributed by atoms with Crippen molar-refractivity contribution in [1.29, 1.82) is 0 Å². The van der Waals surface area contributed by atoms with Crippen molar-refractivity contribution in [2.45, 2.75) is 27.1 Å². The van der Waals surface area contributed by atoms with E-state index < -0.39 is 6.29 Å². The third kappa shape index (κ3) is 3.59. The summed E-state index contributed by atoms with van der Waals surface area (Å²) < 4.78 is 18.0. The maximum absolute atomic E-state index is 5.52. The zero-order valence-electron chi connectivity index (χ0n) is 12.9. The van der Waals surface area contributed by atoms with Gasteiger partial charge in [0.25, 0.3) is 0 Å². The Morgan fingerprint density at radius 3 is 2.48 bits per heavy atom. The molecule has 0 aliphatic carbocycles. The molecule has 0 spiro atoms. The Hall–Kier alpha value is -1.92. The first-order valence-corrected chi connectivity index (χ1v) is 7.00. The number of rotatable bonds is 7. The monoisotopic (exact) mass is 291 g/mol. The Morgan fingerprint density at radius 1 is 1.19 bits per heavy atom. The van der Waals surface area contributed by atoms with Gasteiger partial charge in [0.15, 0.2) is 0 Å². The Labute approximate surface area is 124 Å². The molecule has 0 aliphatic rings. The molecule has 1 heterocycles. The highest BCUT2D eigenvalue weighted by Gasteiger charge is 2.16. The van der Waals surface area contributed by atoms with Crippen LogP contribution in [0.4, 0.5) is 0 Å². The summed E-state index contributed by atoms with van der Waals surface area (Å²) in [6, 6.07) is 5.84. The second kappa shape index (κ2) is 7.19. The summed E-state index contributed by atoms with van der Waals surface area (Å²) in [5.41, 5.74) is 2.61. The molecule has 114 valence electrons. The number of aryl methyl sites for hydroxylation is 1. The van der Waals surface area contributed by atoms with Gasteiger partial charge in [-0.1, -0.05) is 5.21 Å². The van der Waals surface area contributed by atoms with Gasteiger partial charge < -0.3 is 14.2 Å². The molecule has 6 nitrogen and oxygen atoms in total. The Morgan fingerprint density at radius 2 is 1.90 bits per heavy atom. The standard InChI is InChI=1S/C15H21N3O3/c1-5-20-15(21-6-2)13-10-18(17-16-13)12-7-8-14(19-4)11(3)9-12/h7-10,15H,5-6H2,1-4H3. The maximum Gasteiger partial charge on any atom is 0.204 e. The molecule has 0 atom stereocenters. The van der Waals surface area contributed by atoms with E-state index in [-0.39, 0.29) is 0 Å². The van der Waals surface area contributed by atoms with E-state index in [0.29, 0.717) is 18.9 Å². The Bertz CT molecular complexity index is 577. The van der Waals surface area contributed by atoms with E-state index in [2.05, 4.69) is 10.3 Å². The molecule has 0 bridgehead atoms. The zero-order chi connectivity index (χ0) is 15.2. The molecular weight excluding hydrogens is 270 g/mol. The molecule has 1 aromatic heterocycles. The first kappa shape index (κ1) is 15.5. The van der Waals surface area contributed by atoms with E-state index in [9.17, 15) is 0 Å². The smallest absolute Gasteiger partial charge is 0.204 e. The van der Waals surface area contributed by atoms with Crippen molar-refractivity contribution >= 4 is 0 Å². The van der Waals surface area contributed by atoms with Gasteiger partial charge >= 0.3 is 0 Å². The van der Waals surface area contributed by atoms with Crippen molar-refractivity contribution < 1.29 is 14.2 Å². The second-order valence-corrected chi connectivity index (χ2v) is 4.48. The minimum Gasteiger partial charge on any atom is -0.496 e. The van der Waals surface area contributed by atoms with Crippen LogP contribution in [-0.2, 0) is 9.47 Å². The van der Waals surface area contributed by atoms with E-state index in [0.717, 1.165) is 17.0 Å². The van der Waals surface area contributed by atoms with Crippen LogP contribution in [0.5, 0.6) is 5.75 Å². The topological polar surface area (TPSA) is 58.4 Å². The van der Waals surface area contributed by atoms with E-state index >= 15 is 0 Å². The lowest BCUT2D eigenvalue weighted by Gasteiger charge is -2.13. The molecular formula is C15H21N3O3. The minimum absolute atomic E-state index is 0.479. The van der Waals surface area contributed by atoms with Crippen LogP contribution in [0.1, 0.15) is 31.4 Å². The van der Waals surface area contributed by atoms with Crippen LogP contribution in [0.25, 0.3) is 5.69 Å². The summed E-state index contributed by atoms with van der Waals surface area (Å²) in [5.74, 6) is 0.848. The highest BCUT2D eigenvalue weighted by molar-refractivity contribution is 5.43. The van der Waals surface area contributed by atoms with Crippen LogP contribution in [0.3, 0.4) is 0 Å². The van der Waals surface area contributed by atoms with Crippen molar-refractivity contribution in [2.24, 2.45) is 0 Å². The molecule has 0 amide bonds. The summed E-state index contributed by atoms with van der Waals surface area (Å²) in [6.07, 6.45) is 1.34. The van der Waals surface area contributed by atoms with E-state index in [1.807, 2.05) is 45.2 Å². The molecule has 21 heavy (non-hydrogen) atoms. The predicted octanol–water partition coefficient (Wildman–Crippen LogP) is 2.66. The SMILES string of the molecule is CCOC(OCC)c1cn(-c2ccc(OC)c(C)c2)nn1. The highest BCUT2D eigenvalue weighted by atomic mass is 16.7. The number of ether oxygens (including phenoxy) is 3. The molecule has 2 rings (SSSR count). The summed E-state index contributed by atoms with van der Waals surface area (Å²) in [5, 5.41) is 8.27. The summed E-state index contributed by atoms with van der Waals surface area (Å²) >= 11 is 0. The van der Waals surface area contributed by atoms with Crippen LogP contribution >= 0.6 is 0 Å². The number of benzene rings is 1. The number of aromatic nitrogens is 3. The van der Waals surface area contributed by atoms with Crippen molar-refractivity contribution in [3.63, 3.8) is 0 Å². The second-order valence-electron chi connectivity index (χ2n) is 4.48. The van der Waals surface area contributed by atoms with E-state index in [1.165, 1.54) is 0 Å². The number of hydrogen-bond donors (Lipinski definition) is 0. The summed E-state index contributed by atoms with van der Waals surface area (Å²) in [6.45, 7) is 6.94. The van der Waals surface area contributed by atoms with Gasteiger partial charge in [0.05, 0.1) is 19.0 Å². The van der Waals surface area contributed by atoms with Crippen molar-refractivity contribution in [3.8, 4) is 11.4 Å². The predicted molar refractivity (Wildman–Crippen MR) is 78.6 cm³/mol. The lowest BCUT2D eigenvalue weighted by molar-refractivity contribution is -0.142. The van der Waals surface area contributed by atoms with Crippen LogP contribution in [0.15, 0.2) is 24.4 Å². The molecule has 6 heteroatoms. The van der Waals surface area contributed by atoms with Gasteiger partial charge in [-0.25, -0.2) is 4.68 Å². The largest absolute Gasteiger partial charge is 0.496 e. The van der Waals surface area contributed by atoms with Gasteiger partial charge in [0.1, 0.15) is 11.4 Å². The number of hydrogen-bond acceptors (Lipinski definition) is 5. The third-order valence-corrected chi connectivity index (χ3v) is 3.03. The fourth-order valence-corrected chi connectivity index (χ4v) is 2.04. The van der Waals surface area contributed by atoms with Crippen LogP contribution < -0.4 is 4.74 Å². The average molecular weight is 291 g/mol. The Balaban J connectivity index is 2.24. The highest BCUT2D eigenvalue weighted by Crippen LogP contribution is 2.22. The molecule has 0 saturated carbocycles. The first-order chi connectivity index (χ1) is 10.2. The number of methoxy groups -OCH3 is 1. The molecule has 0 unspecified atom stereocenters. The fraction of sp³-hybridized carbons (Fsp3) is 0.467. The normalized spacial score (nSPS) is 11.1. The minimum atomic E-state index is -0.479. The molecule has 1 aromatic carbocycles. The fourth-order valence-electron chi connectivity index (χ4n) is 2.04. The molecule has 0 fully saturated rings. The van der Waals surface area contributed by atoms with Gasteiger partial charge in [-0.2, -0.15) is 0 Å². The van der Waals surface area contributed by atoms with Gasteiger partial charge in [0.2, 0.25) is 6.29 Å². The molecule has 0 saturated heterocycles. The van der Waals surface area contributed by atoms with Gasteiger partial charge in [-0.3, -0.25) is 0 Å². The Kier molecular flexibility index (Phi) is 5.30. The molecule has 0 N–H and O–H groups in total. The van der Waals surface area contributed by atoms with Crippen LogP contribution in [0, 0.1) is 6.92 Å². The van der Waals surface area contributed by atoms with Crippen molar-refractivity contribution in [2.75, 3.05) is 20.3 Å². The van der Waals surface area contributed by atoms with Crippen molar-refractivity contribution in [3.05, 3.63) is 35.7 Å². The van der Waals surface area contributed by atoms with Crippen molar-refractivity contribution in [1.82, 2.24) is 15.0 Å².